The Morgan fingerprint density at radius 2 is 1.80 bits per heavy atom. The SMILES string of the molecule is COc1ccc([C@H](N)[C@@H](C)O)cc1OC. The Morgan fingerprint density at radius 1 is 1.20 bits per heavy atom. The molecule has 0 heterocycles. The molecule has 0 bridgehead atoms. The molecule has 1 rings (SSSR count). The van der Waals surface area contributed by atoms with E-state index in [1.807, 2.05) is 6.07 Å². The van der Waals surface area contributed by atoms with Crippen LogP contribution in [0.5, 0.6) is 11.5 Å². The Balaban J connectivity index is 3.02. The molecule has 3 N–H and O–H groups in total. The highest BCUT2D eigenvalue weighted by molar-refractivity contribution is 5.43. The fraction of sp³-hybridized carbons (Fsp3) is 0.455. The van der Waals surface area contributed by atoms with Gasteiger partial charge in [-0.15, -0.1) is 0 Å². The van der Waals surface area contributed by atoms with Crippen molar-refractivity contribution in [1.82, 2.24) is 0 Å². The van der Waals surface area contributed by atoms with Gasteiger partial charge in [0.25, 0.3) is 0 Å². The Labute approximate surface area is 89.6 Å². The summed E-state index contributed by atoms with van der Waals surface area (Å²) in [6, 6.07) is 4.95. The van der Waals surface area contributed by atoms with Crippen LogP contribution < -0.4 is 15.2 Å². The van der Waals surface area contributed by atoms with Gasteiger partial charge in [0.2, 0.25) is 0 Å². The lowest BCUT2D eigenvalue weighted by Crippen LogP contribution is -2.23. The van der Waals surface area contributed by atoms with Gasteiger partial charge in [-0.3, -0.25) is 0 Å². The van der Waals surface area contributed by atoms with Crippen molar-refractivity contribution in [3.05, 3.63) is 23.8 Å². The molecule has 0 spiro atoms. The average Bonchev–Trinajstić information content (AvgIpc) is 2.26. The minimum atomic E-state index is -0.594. The molecule has 1 aromatic carbocycles. The average molecular weight is 211 g/mol. The molecule has 4 nitrogen and oxygen atoms in total. The van der Waals surface area contributed by atoms with Crippen molar-refractivity contribution in [2.24, 2.45) is 5.73 Å². The summed E-state index contributed by atoms with van der Waals surface area (Å²) in [5.74, 6) is 1.27. The first kappa shape index (κ1) is 11.8. The summed E-state index contributed by atoms with van der Waals surface area (Å²) in [6.07, 6.45) is -0.594. The predicted octanol–water partition coefficient (Wildman–Crippen LogP) is 1.08. The van der Waals surface area contributed by atoms with Crippen LogP contribution in [0.4, 0.5) is 0 Å². The van der Waals surface area contributed by atoms with Crippen molar-refractivity contribution >= 4 is 0 Å². The molecule has 0 amide bonds. The third-order valence-electron chi connectivity index (χ3n) is 2.31. The first-order valence-electron chi connectivity index (χ1n) is 4.75. The van der Waals surface area contributed by atoms with E-state index in [1.165, 1.54) is 0 Å². The molecule has 0 radical (unpaired) electrons. The highest BCUT2D eigenvalue weighted by Crippen LogP contribution is 2.30. The quantitative estimate of drug-likeness (QED) is 0.782. The molecule has 0 aliphatic rings. The lowest BCUT2D eigenvalue weighted by Gasteiger charge is -2.17. The Hall–Kier alpha value is -1.26. The third-order valence-corrected chi connectivity index (χ3v) is 2.31. The monoisotopic (exact) mass is 211 g/mol. The molecule has 0 unspecified atom stereocenters. The third kappa shape index (κ3) is 2.61. The molecule has 0 saturated carbocycles. The van der Waals surface area contributed by atoms with Crippen LogP contribution in [-0.2, 0) is 0 Å². The zero-order chi connectivity index (χ0) is 11.4. The lowest BCUT2D eigenvalue weighted by atomic mass is 10.0. The van der Waals surface area contributed by atoms with Crippen molar-refractivity contribution in [1.29, 1.82) is 0 Å². The highest BCUT2D eigenvalue weighted by Gasteiger charge is 2.14. The van der Waals surface area contributed by atoms with E-state index in [0.29, 0.717) is 11.5 Å². The maximum Gasteiger partial charge on any atom is 0.161 e. The van der Waals surface area contributed by atoms with Crippen LogP contribution in [0.3, 0.4) is 0 Å². The number of benzene rings is 1. The van der Waals surface area contributed by atoms with Gasteiger partial charge in [0, 0.05) is 0 Å². The molecule has 2 atom stereocenters. The van der Waals surface area contributed by atoms with Gasteiger partial charge in [0.15, 0.2) is 11.5 Å². The lowest BCUT2D eigenvalue weighted by molar-refractivity contribution is 0.164. The topological polar surface area (TPSA) is 64.7 Å². The molecule has 0 saturated heterocycles. The minimum absolute atomic E-state index is 0.412. The van der Waals surface area contributed by atoms with Crippen LogP contribution in [-0.4, -0.2) is 25.4 Å². The number of aliphatic hydroxyl groups is 1. The van der Waals surface area contributed by atoms with Crippen molar-refractivity contribution in [2.75, 3.05) is 14.2 Å². The summed E-state index contributed by atoms with van der Waals surface area (Å²) >= 11 is 0. The zero-order valence-electron chi connectivity index (χ0n) is 9.23. The van der Waals surface area contributed by atoms with Crippen molar-refractivity contribution < 1.29 is 14.6 Å². The van der Waals surface area contributed by atoms with Crippen LogP contribution in [0, 0.1) is 0 Å². The fourth-order valence-corrected chi connectivity index (χ4v) is 1.34. The van der Waals surface area contributed by atoms with Gasteiger partial charge >= 0.3 is 0 Å². The first-order chi connectivity index (χ1) is 7.10. The summed E-state index contributed by atoms with van der Waals surface area (Å²) in [5, 5.41) is 9.37. The number of methoxy groups -OCH3 is 2. The molecule has 0 aliphatic heterocycles. The van der Waals surface area contributed by atoms with E-state index in [0.717, 1.165) is 5.56 Å². The van der Waals surface area contributed by atoms with E-state index < -0.39 is 12.1 Å². The number of hydrogen-bond acceptors (Lipinski definition) is 4. The summed E-state index contributed by atoms with van der Waals surface area (Å²) in [6.45, 7) is 1.65. The molecule has 0 fully saturated rings. The van der Waals surface area contributed by atoms with Gasteiger partial charge in [0.1, 0.15) is 0 Å². The van der Waals surface area contributed by atoms with Crippen molar-refractivity contribution in [2.45, 2.75) is 19.1 Å². The standard InChI is InChI=1S/C11H17NO3/c1-7(13)11(12)8-4-5-9(14-2)10(6-8)15-3/h4-7,11,13H,12H2,1-3H3/t7-,11-/m1/s1. The number of rotatable bonds is 4. The van der Waals surface area contributed by atoms with Gasteiger partial charge in [-0.25, -0.2) is 0 Å². The van der Waals surface area contributed by atoms with Crippen LogP contribution >= 0.6 is 0 Å². The summed E-state index contributed by atoms with van der Waals surface area (Å²) in [7, 11) is 3.14. The smallest absolute Gasteiger partial charge is 0.161 e. The summed E-state index contributed by atoms with van der Waals surface area (Å²) in [5.41, 5.74) is 6.63. The van der Waals surface area contributed by atoms with Crippen molar-refractivity contribution in [3.63, 3.8) is 0 Å². The predicted molar refractivity (Wildman–Crippen MR) is 58.2 cm³/mol. The first-order valence-corrected chi connectivity index (χ1v) is 4.75. The second kappa shape index (κ2) is 5.00. The summed E-state index contributed by atoms with van der Waals surface area (Å²) < 4.78 is 10.2. The highest BCUT2D eigenvalue weighted by atomic mass is 16.5. The molecule has 1 aromatic rings. The molecule has 4 heteroatoms. The van der Waals surface area contributed by atoms with Gasteiger partial charge in [-0.05, 0) is 24.6 Å². The second-order valence-electron chi connectivity index (χ2n) is 3.38. The van der Waals surface area contributed by atoms with Gasteiger partial charge in [-0.1, -0.05) is 6.07 Å². The van der Waals surface area contributed by atoms with E-state index in [2.05, 4.69) is 0 Å². The van der Waals surface area contributed by atoms with E-state index >= 15 is 0 Å². The Bertz CT molecular complexity index is 326. The van der Waals surface area contributed by atoms with Gasteiger partial charge < -0.3 is 20.3 Å². The molecule has 0 aromatic heterocycles. The fourth-order valence-electron chi connectivity index (χ4n) is 1.34. The Morgan fingerprint density at radius 3 is 2.27 bits per heavy atom. The largest absolute Gasteiger partial charge is 0.493 e. The summed E-state index contributed by atoms with van der Waals surface area (Å²) in [4.78, 5) is 0. The van der Waals surface area contributed by atoms with Crippen LogP contribution in [0.15, 0.2) is 18.2 Å². The number of aliphatic hydroxyl groups excluding tert-OH is 1. The molecular formula is C11H17NO3. The minimum Gasteiger partial charge on any atom is -0.493 e. The van der Waals surface area contributed by atoms with Crippen LogP contribution in [0.2, 0.25) is 0 Å². The molecule has 0 aliphatic carbocycles. The van der Waals surface area contributed by atoms with Gasteiger partial charge in [-0.2, -0.15) is 0 Å². The normalized spacial score (nSPS) is 14.5. The number of hydrogen-bond donors (Lipinski definition) is 2. The Kier molecular flexibility index (Phi) is 3.94. The van der Waals surface area contributed by atoms with E-state index in [-0.39, 0.29) is 0 Å². The molecule has 84 valence electrons. The maximum atomic E-state index is 9.37. The second-order valence-corrected chi connectivity index (χ2v) is 3.38. The molecular weight excluding hydrogens is 194 g/mol. The van der Waals surface area contributed by atoms with Gasteiger partial charge in [0.05, 0.1) is 26.4 Å². The maximum absolute atomic E-state index is 9.37. The molecule has 15 heavy (non-hydrogen) atoms. The number of ether oxygens (including phenoxy) is 2. The van der Waals surface area contributed by atoms with E-state index in [4.69, 9.17) is 15.2 Å². The van der Waals surface area contributed by atoms with E-state index in [1.54, 1.807) is 33.3 Å². The van der Waals surface area contributed by atoms with Crippen LogP contribution in [0.25, 0.3) is 0 Å². The zero-order valence-corrected chi connectivity index (χ0v) is 9.23. The van der Waals surface area contributed by atoms with Crippen molar-refractivity contribution in [3.8, 4) is 11.5 Å². The van der Waals surface area contributed by atoms with Crippen LogP contribution in [0.1, 0.15) is 18.5 Å². The number of nitrogens with two attached hydrogens (primary N) is 1. The van der Waals surface area contributed by atoms with E-state index in [9.17, 15) is 5.11 Å².